The second-order valence-corrected chi connectivity index (χ2v) is 5.13. The molecule has 0 fully saturated rings. The van der Waals surface area contributed by atoms with Crippen LogP contribution in [0.5, 0.6) is 0 Å². The van der Waals surface area contributed by atoms with Crippen LogP contribution in [0.3, 0.4) is 0 Å². The average Bonchev–Trinajstić information content (AvgIpc) is 2.82. The van der Waals surface area contributed by atoms with Crippen LogP contribution in [0.2, 0.25) is 0 Å². The summed E-state index contributed by atoms with van der Waals surface area (Å²) in [7, 11) is 0. The summed E-state index contributed by atoms with van der Waals surface area (Å²) in [6, 6.07) is 4.22. The van der Waals surface area contributed by atoms with E-state index in [2.05, 4.69) is 56.9 Å². The summed E-state index contributed by atoms with van der Waals surface area (Å²) in [6.45, 7) is 4.19. The number of halogens is 1. The predicted molar refractivity (Wildman–Crippen MR) is 78.8 cm³/mol. The van der Waals surface area contributed by atoms with Crippen LogP contribution < -0.4 is 0 Å². The minimum atomic E-state index is 0.649. The van der Waals surface area contributed by atoms with Crippen LogP contribution in [0, 0.1) is 13.8 Å². The summed E-state index contributed by atoms with van der Waals surface area (Å²) in [6.07, 6.45) is 5.42. The number of benzene rings is 1. The Labute approximate surface area is 119 Å². The van der Waals surface area contributed by atoms with Crippen LogP contribution >= 0.6 is 15.9 Å². The molecule has 0 spiro atoms. The Kier molecular flexibility index (Phi) is 3.06. The van der Waals surface area contributed by atoms with Gasteiger partial charge in [-0.1, -0.05) is 15.9 Å². The number of fused-ring (bicyclic) bond motifs is 1. The van der Waals surface area contributed by atoms with Crippen LogP contribution in [-0.4, -0.2) is 19.5 Å². The van der Waals surface area contributed by atoms with Gasteiger partial charge in [0, 0.05) is 17.7 Å². The van der Waals surface area contributed by atoms with Gasteiger partial charge in [-0.3, -0.25) is 4.57 Å². The Bertz CT molecular complexity index is 731. The lowest BCUT2D eigenvalue weighted by atomic mass is 10.1. The highest BCUT2D eigenvalue weighted by Crippen LogP contribution is 2.20. The Morgan fingerprint density at radius 2 is 1.74 bits per heavy atom. The Morgan fingerprint density at radius 1 is 1.05 bits per heavy atom. The minimum absolute atomic E-state index is 0.649. The third-order valence-electron chi connectivity index (χ3n) is 3.22. The second kappa shape index (κ2) is 4.74. The molecule has 0 N–H and O–H groups in total. The molecule has 4 nitrogen and oxygen atoms in total. The van der Waals surface area contributed by atoms with Crippen molar-refractivity contribution in [2.75, 3.05) is 0 Å². The van der Waals surface area contributed by atoms with E-state index < -0.39 is 0 Å². The SMILES string of the molecule is Cc1cc2ncn(-c3ncc(CBr)cn3)c2cc1C. The first kappa shape index (κ1) is 12.3. The highest BCUT2D eigenvalue weighted by molar-refractivity contribution is 9.08. The van der Waals surface area contributed by atoms with Crippen molar-refractivity contribution in [2.24, 2.45) is 0 Å². The fourth-order valence-electron chi connectivity index (χ4n) is 1.96. The molecular weight excluding hydrogens is 304 g/mol. The zero-order valence-electron chi connectivity index (χ0n) is 10.8. The molecule has 5 heteroatoms. The topological polar surface area (TPSA) is 43.6 Å². The number of imidazole rings is 1. The van der Waals surface area contributed by atoms with Crippen LogP contribution in [0.15, 0.2) is 30.9 Å². The van der Waals surface area contributed by atoms with Gasteiger partial charge in [-0.15, -0.1) is 0 Å². The molecule has 0 aliphatic heterocycles. The molecule has 0 unspecified atom stereocenters. The van der Waals surface area contributed by atoms with Crippen molar-refractivity contribution in [3.63, 3.8) is 0 Å². The minimum Gasteiger partial charge on any atom is -0.267 e. The number of alkyl halides is 1. The van der Waals surface area contributed by atoms with Gasteiger partial charge in [0.05, 0.1) is 11.0 Å². The van der Waals surface area contributed by atoms with Gasteiger partial charge in [0.1, 0.15) is 6.33 Å². The zero-order valence-corrected chi connectivity index (χ0v) is 12.3. The summed E-state index contributed by atoms with van der Waals surface area (Å²) in [5, 5.41) is 0.760. The van der Waals surface area contributed by atoms with Gasteiger partial charge in [-0.05, 0) is 42.7 Å². The summed E-state index contributed by atoms with van der Waals surface area (Å²) < 4.78 is 1.92. The smallest absolute Gasteiger partial charge is 0.235 e. The van der Waals surface area contributed by atoms with E-state index >= 15 is 0 Å². The van der Waals surface area contributed by atoms with Crippen molar-refractivity contribution in [3.05, 3.63) is 47.5 Å². The number of hydrogen-bond acceptors (Lipinski definition) is 3. The number of aryl methyl sites for hydroxylation is 2. The van der Waals surface area contributed by atoms with Crippen molar-refractivity contribution in [3.8, 4) is 5.95 Å². The molecule has 2 heterocycles. The molecule has 1 aromatic carbocycles. The zero-order chi connectivity index (χ0) is 13.4. The van der Waals surface area contributed by atoms with Gasteiger partial charge in [0.15, 0.2) is 0 Å². The van der Waals surface area contributed by atoms with E-state index in [1.54, 1.807) is 6.33 Å². The third kappa shape index (κ3) is 2.14. The Hall–Kier alpha value is -1.75. The van der Waals surface area contributed by atoms with E-state index in [1.165, 1.54) is 11.1 Å². The Balaban J connectivity index is 2.16. The maximum absolute atomic E-state index is 4.41. The summed E-state index contributed by atoms with van der Waals surface area (Å²) >= 11 is 3.39. The maximum atomic E-state index is 4.41. The number of nitrogens with zero attached hydrogens (tertiary/aromatic N) is 4. The quantitative estimate of drug-likeness (QED) is 0.681. The number of rotatable bonds is 2. The molecule has 0 amide bonds. The molecule has 0 bridgehead atoms. The summed E-state index contributed by atoms with van der Waals surface area (Å²) in [4.78, 5) is 13.2. The van der Waals surface area contributed by atoms with Gasteiger partial charge in [0.2, 0.25) is 5.95 Å². The molecular formula is C14H13BrN4. The van der Waals surface area contributed by atoms with E-state index in [9.17, 15) is 0 Å². The highest BCUT2D eigenvalue weighted by Gasteiger charge is 2.08. The van der Waals surface area contributed by atoms with E-state index in [0.717, 1.165) is 21.9 Å². The van der Waals surface area contributed by atoms with E-state index in [1.807, 2.05) is 17.0 Å². The first-order valence-corrected chi connectivity index (χ1v) is 7.13. The molecule has 0 radical (unpaired) electrons. The van der Waals surface area contributed by atoms with Gasteiger partial charge in [0.25, 0.3) is 0 Å². The van der Waals surface area contributed by atoms with Gasteiger partial charge >= 0.3 is 0 Å². The summed E-state index contributed by atoms with van der Waals surface area (Å²) in [5.74, 6) is 0.649. The van der Waals surface area contributed by atoms with Gasteiger partial charge in [-0.2, -0.15) is 0 Å². The van der Waals surface area contributed by atoms with Crippen LogP contribution in [0.25, 0.3) is 17.0 Å². The van der Waals surface area contributed by atoms with E-state index in [4.69, 9.17) is 0 Å². The lowest BCUT2D eigenvalue weighted by molar-refractivity contribution is 0.938. The fraction of sp³-hybridized carbons (Fsp3) is 0.214. The second-order valence-electron chi connectivity index (χ2n) is 4.56. The van der Waals surface area contributed by atoms with Crippen LogP contribution in [0.4, 0.5) is 0 Å². The lowest BCUT2D eigenvalue weighted by Gasteiger charge is -2.04. The molecule has 19 heavy (non-hydrogen) atoms. The normalized spacial score (nSPS) is 11.1. The third-order valence-corrected chi connectivity index (χ3v) is 3.87. The number of aromatic nitrogens is 4. The first-order chi connectivity index (χ1) is 9.19. The van der Waals surface area contributed by atoms with Gasteiger partial charge in [-0.25, -0.2) is 15.0 Å². The van der Waals surface area contributed by atoms with E-state index in [-0.39, 0.29) is 0 Å². The monoisotopic (exact) mass is 316 g/mol. The van der Waals surface area contributed by atoms with Gasteiger partial charge < -0.3 is 0 Å². The van der Waals surface area contributed by atoms with Crippen molar-refractivity contribution >= 4 is 27.0 Å². The molecule has 0 aliphatic carbocycles. The average molecular weight is 317 g/mol. The molecule has 0 saturated carbocycles. The largest absolute Gasteiger partial charge is 0.267 e. The van der Waals surface area contributed by atoms with Crippen molar-refractivity contribution in [1.29, 1.82) is 0 Å². The maximum Gasteiger partial charge on any atom is 0.235 e. The van der Waals surface area contributed by atoms with E-state index in [0.29, 0.717) is 5.95 Å². The van der Waals surface area contributed by atoms with Crippen molar-refractivity contribution in [1.82, 2.24) is 19.5 Å². The lowest BCUT2D eigenvalue weighted by Crippen LogP contribution is -2.00. The molecule has 0 atom stereocenters. The molecule has 2 aromatic heterocycles. The first-order valence-electron chi connectivity index (χ1n) is 6.00. The highest BCUT2D eigenvalue weighted by atomic mass is 79.9. The molecule has 0 aliphatic rings. The molecule has 96 valence electrons. The van der Waals surface area contributed by atoms with Crippen LogP contribution in [-0.2, 0) is 5.33 Å². The molecule has 0 saturated heterocycles. The van der Waals surface area contributed by atoms with Crippen molar-refractivity contribution in [2.45, 2.75) is 19.2 Å². The number of hydrogen-bond donors (Lipinski definition) is 0. The standard InChI is InChI=1S/C14H13BrN4/c1-9-3-12-13(4-10(9)2)19(8-18-12)14-16-6-11(5-15)7-17-14/h3-4,6-8H,5H2,1-2H3. The predicted octanol–water partition coefficient (Wildman–Crippen LogP) is 3.33. The summed E-state index contributed by atoms with van der Waals surface area (Å²) in [5.41, 5.74) is 5.55. The molecule has 3 rings (SSSR count). The molecule has 3 aromatic rings. The Morgan fingerprint density at radius 3 is 2.42 bits per heavy atom. The van der Waals surface area contributed by atoms with Crippen molar-refractivity contribution < 1.29 is 0 Å². The van der Waals surface area contributed by atoms with Crippen LogP contribution in [0.1, 0.15) is 16.7 Å². The fourth-order valence-corrected chi connectivity index (χ4v) is 2.25.